The number of hydrogen-bond donors (Lipinski definition) is 1. The van der Waals surface area contributed by atoms with Crippen molar-refractivity contribution in [2.75, 3.05) is 7.05 Å². The number of primary amides is 1. The second-order valence-corrected chi connectivity index (χ2v) is 8.49. The normalized spacial score (nSPS) is 25.9. The Bertz CT molecular complexity index is 763. The summed E-state index contributed by atoms with van der Waals surface area (Å²) < 4.78 is 0. The quantitative estimate of drug-likeness (QED) is 0.913. The summed E-state index contributed by atoms with van der Waals surface area (Å²) in [4.78, 5) is 19.3. The van der Waals surface area contributed by atoms with Crippen molar-refractivity contribution in [1.82, 2.24) is 9.88 Å². The standard InChI is InChI=1S/C20H23N3OS/c1-23-16-4-5-17(23)10-19(9-16)25-18-6-2-13(3-7-18)14-8-15(20(21)24)12-22-11-14/h2-3,6-8,11-12,16-17,19H,4-5,9-10H2,1H3,(H2,21,24). The van der Waals surface area contributed by atoms with E-state index in [-0.39, 0.29) is 0 Å². The van der Waals surface area contributed by atoms with Crippen molar-refractivity contribution in [3.63, 3.8) is 0 Å². The molecule has 0 saturated carbocycles. The van der Waals surface area contributed by atoms with Crippen molar-refractivity contribution in [2.24, 2.45) is 5.73 Å². The molecule has 4 nitrogen and oxygen atoms in total. The van der Waals surface area contributed by atoms with Crippen molar-refractivity contribution in [3.05, 3.63) is 48.3 Å². The van der Waals surface area contributed by atoms with Gasteiger partial charge in [0.1, 0.15) is 0 Å². The van der Waals surface area contributed by atoms with Crippen LogP contribution in [0.25, 0.3) is 11.1 Å². The zero-order valence-corrected chi connectivity index (χ0v) is 15.2. The second-order valence-electron chi connectivity index (χ2n) is 7.11. The van der Waals surface area contributed by atoms with Crippen molar-refractivity contribution in [2.45, 2.75) is 47.9 Å². The van der Waals surface area contributed by atoms with Crippen molar-refractivity contribution in [1.29, 1.82) is 0 Å². The van der Waals surface area contributed by atoms with Crippen LogP contribution in [0.4, 0.5) is 0 Å². The van der Waals surface area contributed by atoms with E-state index in [9.17, 15) is 4.79 Å². The van der Waals surface area contributed by atoms with Crippen LogP contribution in [0.3, 0.4) is 0 Å². The molecule has 130 valence electrons. The van der Waals surface area contributed by atoms with Gasteiger partial charge in [0.2, 0.25) is 5.91 Å². The van der Waals surface area contributed by atoms with Gasteiger partial charge in [0.05, 0.1) is 5.56 Å². The van der Waals surface area contributed by atoms with Gasteiger partial charge in [-0.05, 0) is 56.5 Å². The highest BCUT2D eigenvalue weighted by Crippen LogP contribution is 2.41. The van der Waals surface area contributed by atoms with Gasteiger partial charge in [-0.3, -0.25) is 9.78 Å². The molecule has 2 saturated heterocycles. The number of hydrogen-bond acceptors (Lipinski definition) is 4. The number of carbonyl (C=O) groups excluding carboxylic acids is 1. The first-order valence-electron chi connectivity index (χ1n) is 8.84. The predicted molar refractivity (Wildman–Crippen MR) is 102 cm³/mol. The van der Waals surface area contributed by atoms with Crippen molar-refractivity contribution >= 4 is 17.7 Å². The van der Waals surface area contributed by atoms with E-state index in [0.29, 0.717) is 5.56 Å². The van der Waals surface area contributed by atoms with Gasteiger partial charge in [0.25, 0.3) is 0 Å². The molecule has 2 bridgehead atoms. The Morgan fingerprint density at radius 1 is 1.12 bits per heavy atom. The first-order chi connectivity index (χ1) is 12.1. The average Bonchev–Trinajstić information content (AvgIpc) is 2.83. The van der Waals surface area contributed by atoms with Gasteiger partial charge < -0.3 is 10.6 Å². The van der Waals surface area contributed by atoms with E-state index in [1.165, 1.54) is 36.8 Å². The summed E-state index contributed by atoms with van der Waals surface area (Å²) in [6.45, 7) is 0. The maximum Gasteiger partial charge on any atom is 0.250 e. The molecular weight excluding hydrogens is 330 g/mol. The van der Waals surface area contributed by atoms with Gasteiger partial charge in [-0.1, -0.05) is 12.1 Å². The number of aromatic nitrogens is 1. The minimum atomic E-state index is -0.446. The fourth-order valence-electron chi connectivity index (χ4n) is 4.11. The molecule has 2 fully saturated rings. The molecule has 5 heteroatoms. The Labute approximate surface area is 152 Å². The van der Waals surface area contributed by atoms with Crippen LogP contribution >= 0.6 is 11.8 Å². The molecule has 0 aliphatic carbocycles. The maximum absolute atomic E-state index is 11.3. The summed E-state index contributed by atoms with van der Waals surface area (Å²) in [6, 6.07) is 11.9. The lowest BCUT2D eigenvalue weighted by Gasteiger charge is -2.36. The Hall–Kier alpha value is -1.85. The zero-order valence-electron chi connectivity index (χ0n) is 14.4. The maximum atomic E-state index is 11.3. The van der Waals surface area contributed by atoms with Crippen LogP contribution in [-0.4, -0.2) is 40.2 Å². The van der Waals surface area contributed by atoms with Crippen molar-refractivity contribution < 1.29 is 4.79 Å². The Balaban J connectivity index is 1.46. The van der Waals surface area contributed by atoms with E-state index in [2.05, 4.69) is 41.2 Å². The molecule has 0 radical (unpaired) electrons. The number of benzene rings is 1. The largest absolute Gasteiger partial charge is 0.366 e. The van der Waals surface area contributed by atoms with E-state index in [4.69, 9.17) is 5.73 Å². The molecule has 2 aliphatic rings. The van der Waals surface area contributed by atoms with E-state index in [1.807, 2.05) is 11.8 Å². The van der Waals surface area contributed by atoms with Crippen LogP contribution in [0, 0.1) is 0 Å². The van der Waals surface area contributed by atoms with E-state index in [1.54, 1.807) is 12.3 Å². The predicted octanol–water partition coefficient (Wildman–Crippen LogP) is 3.56. The number of carbonyl (C=O) groups is 1. The molecule has 2 N–H and O–H groups in total. The number of thioether (sulfide) groups is 1. The van der Waals surface area contributed by atoms with Gasteiger partial charge in [0, 0.05) is 40.2 Å². The number of nitrogens with two attached hydrogens (primary N) is 1. The fraction of sp³-hybridized carbons (Fsp3) is 0.400. The molecule has 4 rings (SSSR count). The lowest BCUT2D eigenvalue weighted by molar-refractivity contribution is 0.1000. The van der Waals surface area contributed by atoms with E-state index >= 15 is 0 Å². The number of nitrogens with zero attached hydrogens (tertiary/aromatic N) is 2. The molecule has 25 heavy (non-hydrogen) atoms. The first kappa shape index (κ1) is 16.6. The lowest BCUT2D eigenvalue weighted by Crippen LogP contribution is -2.40. The molecule has 1 aromatic heterocycles. The lowest BCUT2D eigenvalue weighted by atomic mass is 10.0. The molecule has 3 heterocycles. The number of fused-ring (bicyclic) bond motifs is 2. The average molecular weight is 353 g/mol. The number of rotatable bonds is 4. The summed E-state index contributed by atoms with van der Waals surface area (Å²) in [5.41, 5.74) is 7.76. The highest BCUT2D eigenvalue weighted by atomic mass is 32.2. The number of amides is 1. The van der Waals surface area contributed by atoms with Crippen LogP contribution in [0.15, 0.2) is 47.6 Å². The molecule has 1 amide bonds. The van der Waals surface area contributed by atoms with Gasteiger partial charge >= 0.3 is 0 Å². The number of piperidine rings is 1. The van der Waals surface area contributed by atoms with Gasteiger partial charge in [-0.25, -0.2) is 0 Å². The van der Waals surface area contributed by atoms with Crippen LogP contribution in [-0.2, 0) is 0 Å². The van der Waals surface area contributed by atoms with Gasteiger partial charge in [-0.2, -0.15) is 0 Å². The molecule has 2 aliphatic heterocycles. The summed E-state index contributed by atoms with van der Waals surface area (Å²) in [6.07, 6.45) is 8.59. The Morgan fingerprint density at radius 2 is 1.80 bits per heavy atom. The minimum Gasteiger partial charge on any atom is -0.366 e. The summed E-state index contributed by atoms with van der Waals surface area (Å²) in [5.74, 6) is -0.446. The van der Waals surface area contributed by atoms with Crippen LogP contribution in [0.2, 0.25) is 0 Å². The van der Waals surface area contributed by atoms with Crippen LogP contribution in [0.5, 0.6) is 0 Å². The molecular formula is C20H23N3OS. The summed E-state index contributed by atoms with van der Waals surface area (Å²) >= 11 is 2.01. The second kappa shape index (κ2) is 6.81. The molecule has 2 atom stereocenters. The summed E-state index contributed by atoms with van der Waals surface area (Å²) in [5, 5.41) is 0.722. The minimum absolute atomic E-state index is 0.442. The first-order valence-corrected chi connectivity index (χ1v) is 9.72. The highest BCUT2D eigenvalue weighted by molar-refractivity contribution is 8.00. The monoisotopic (exact) mass is 353 g/mol. The molecule has 1 aromatic carbocycles. The summed E-state index contributed by atoms with van der Waals surface area (Å²) in [7, 11) is 2.28. The van der Waals surface area contributed by atoms with Crippen molar-refractivity contribution in [3.8, 4) is 11.1 Å². The highest BCUT2D eigenvalue weighted by Gasteiger charge is 2.38. The number of pyridine rings is 1. The zero-order chi connectivity index (χ0) is 17.4. The van der Waals surface area contributed by atoms with Crippen LogP contribution in [0.1, 0.15) is 36.0 Å². The van der Waals surface area contributed by atoms with E-state index in [0.717, 1.165) is 28.5 Å². The smallest absolute Gasteiger partial charge is 0.250 e. The van der Waals surface area contributed by atoms with Crippen LogP contribution < -0.4 is 5.73 Å². The molecule has 0 spiro atoms. The van der Waals surface area contributed by atoms with E-state index < -0.39 is 5.91 Å². The molecule has 2 unspecified atom stereocenters. The Kier molecular flexibility index (Phi) is 4.52. The van der Waals surface area contributed by atoms with Gasteiger partial charge in [-0.15, -0.1) is 11.8 Å². The Morgan fingerprint density at radius 3 is 2.44 bits per heavy atom. The SMILES string of the molecule is CN1C2CCC1CC(Sc1ccc(-c3cncc(C(N)=O)c3)cc1)C2. The van der Waals surface area contributed by atoms with Gasteiger partial charge in [0.15, 0.2) is 0 Å². The topological polar surface area (TPSA) is 59.2 Å². The fourth-order valence-corrected chi connectivity index (χ4v) is 5.42. The third-order valence-electron chi connectivity index (χ3n) is 5.57. The molecule has 2 aromatic rings. The third-order valence-corrected chi connectivity index (χ3v) is 6.83. The third kappa shape index (κ3) is 3.44.